The molecule has 0 aromatic heterocycles. The Balaban J connectivity index is 0.000000140. The third-order valence-electron chi connectivity index (χ3n) is 14.8. The lowest BCUT2D eigenvalue weighted by Gasteiger charge is -2.12. The van der Waals surface area contributed by atoms with Crippen molar-refractivity contribution in [1.82, 2.24) is 0 Å². The molecule has 0 amide bonds. The van der Waals surface area contributed by atoms with Gasteiger partial charge in [0.05, 0.1) is 16.7 Å². The number of carboxylic acid groups (broad SMARTS) is 3. The molecule has 8 N–H and O–H groups in total. The normalized spacial score (nSPS) is 10.9. The maximum atomic E-state index is 11.2. The Labute approximate surface area is 483 Å². The van der Waals surface area contributed by atoms with E-state index in [1.165, 1.54) is 34.9 Å². The Kier molecular flexibility index (Phi) is 16.5. The van der Waals surface area contributed by atoms with Gasteiger partial charge < -0.3 is 40.9 Å². The molecule has 0 unspecified atom stereocenters. The van der Waals surface area contributed by atoms with E-state index >= 15 is 0 Å². The van der Waals surface area contributed by atoms with Crippen LogP contribution in [-0.4, -0.2) is 58.8 Å². The van der Waals surface area contributed by atoms with Crippen LogP contribution >= 0.6 is 0 Å². The molecule has 12 aromatic carbocycles. The molecule has 0 aliphatic carbocycles. The number of rotatable bonds is 12. The zero-order chi connectivity index (χ0) is 59.0. The Bertz CT molecular complexity index is 4440. The Hall–Kier alpha value is -11.2. The summed E-state index contributed by atoms with van der Waals surface area (Å²) in [5, 5.41) is 82.9. The molecule has 0 heterocycles. The Morgan fingerprint density at radius 2 is 0.655 bits per heavy atom. The first kappa shape index (κ1) is 56.1. The Morgan fingerprint density at radius 1 is 0.286 bits per heavy atom. The summed E-state index contributed by atoms with van der Waals surface area (Å²) in [6, 6.07) is 72.7. The van der Waals surface area contributed by atoms with E-state index in [0.29, 0.717) is 34.4 Å². The standard InChI is InChI=1S/C25H20O4.C24H18O4.C24H18O3/c1-15-7-8-17(10-18(15)9-16-5-3-2-4-6-16)19-11-21-22(23(26)13-19)12-20(25(28)29)14-24(21)27;25-22-9-8-16(11-19(22)10-15-4-2-1-3-5-15)17-6-7-18-12-20(24(27)28)14-23(26)21(18)13-17;25-23-11-10-20(15-22(23)12-16-4-2-1-3-5-16)17-6-7-19-14-21(24(26)27)9-8-18(19)13-17/h2-8,10-14,26-27H,9H2,1H3,(H,28,29);1-9,11-14,25-26H,10H2,(H,27,28);1-11,13-15,25H,12H2,(H,26,27). The van der Waals surface area contributed by atoms with Crippen molar-refractivity contribution in [1.29, 1.82) is 0 Å². The van der Waals surface area contributed by atoms with Gasteiger partial charge in [0.2, 0.25) is 0 Å². The van der Waals surface area contributed by atoms with Gasteiger partial charge in [-0.1, -0.05) is 152 Å². The molecule has 11 nitrogen and oxygen atoms in total. The topological polar surface area (TPSA) is 213 Å². The summed E-state index contributed by atoms with van der Waals surface area (Å²) >= 11 is 0. The van der Waals surface area contributed by atoms with E-state index in [-0.39, 0.29) is 45.4 Å². The summed E-state index contributed by atoms with van der Waals surface area (Å²) in [7, 11) is 0. The molecule has 0 spiro atoms. The van der Waals surface area contributed by atoms with E-state index in [4.69, 9.17) is 10.2 Å². The van der Waals surface area contributed by atoms with Gasteiger partial charge in [0.25, 0.3) is 0 Å². The molecule has 0 aliphatic heterocycles. The lowest BCUT2D eigenvalue weighted by atomic mass is 9.93. The van der Waals surface area contributed by atoms with E-state index in [2.05, 4.69) is 25.1 Å². The molecule has 0 fully saturated rings. The first-order valence-electron chi connectivity index (χ1n) is 26.9. The average molecular weight is 1110 g/mol. The fraction of sp³-hybridized carbons (Fsp3) is 0.0548. The van der Waals surface area contributed by atoms with Crippen molar-refractivity contribution < 1.29 is 55.2 Å². The van der Waals surface area contributed by atoms with Gasteiger partial charge in [0.1, 0.15) is 28.7 Å². The molecular formula is C73H56O11. The van der Waals surface area contributed by atoms with Crippen molar-refractivity contribution in [3.63, 3.8) is 0 Å². The highest BCUT2D eigenvalue weighted by molar-refractivity contribution is 6.02. The highest BCUT2D eigenvalue weighted by Crippen LogP contribution is 2.39. The van der Waals surface area contributed by atoms with Gasteiger partial charge >= 0.3 is 17.9 Å². The predicted molar refractivity (Wildman–Crippen MR) is 330 cm³/mol. The van der Waals surface area contributed by atoms with Crippen LogP contribution in [0.3, 0.4) is 0 Å². The second-order valence-corrected chi connectivity index (χ2v) is 20.5. The molecule has 11 heteroatoms. The molecular weight excluding hydrogens is 1050 g/mol. The number of aromatic carboxylic acids is 3. The molecule has 0 bridgehead atoms. The van der Waals surface area contributed by atoms with Crippen molar-refractivity contribution in [3.05, 3.63) is 292 Å². The minimum Gasteiger partial charge on any atom is -0.508 e. The van der Waals surface area contributed by atoms with Crippen LogP contribution in [0.25, 0.3) is 65.7 Å². The zero-order valence-corrected chi connectivity index (χ0v) is 45.4. The van der Waals surface area contributed by atoms with Gasteiger partial charge in [-0.2, -0.15) is 0 Å². The number of fused-ring (bicyclic) bond motifs is 3. The van der Waals surface area contributed by atoms with Crippen LogP contribution in [0.1, 0.15) is 70.0 Å². The fourth-order valence-corrected chi connectivity index (χ4v) is 10.2. The monoisotopic (exact) mass is 1110 g/mol. The number of carboxylic acids is 3. The third-order valence-corrected chi connectivity index (χ3v) is 14.8. The van der Waals surface area contributed by atoms with Gasteiger partial charge in [-0.15, -0.1) is 0 Å². The van der Waals surface area contributed by atoms with Crippen molar-refractivity contribution in [2.24, 2.45) is 0 Å². The van der Waals surface area contributed by atoms with Gasteiger partial charge in [0, 0.05) is 29.0 Å². The van der Waals surface area contributed by atoms with E-state index < -0.39 is 17.9 Å². The van der Waals surface area contributed by atoms with E-state index in [9.17, 15) is 45.0 Å². The van der Waals surface area contributed by atoms with Crippen LogP contribution in [-0.2, 0) is 19.3 Å². The summed E-state index contributed by atoms with van der Waals surface area (Å²) in [5.74, 6) is -2.95. The van der Waals surface area contributed by atoms with Crippen LogP contribution in [0.2, 0.25) is 0 Å². The van der Waals surface area contributed by atoms with E-state index in [1.54, 1.807) is 48.5 Å². The molecule has 12 aromatic rings. The molecule has 0 saturated heterocycles. The lowest BCUT2D eigenvalue weighted by molar-refractivity contribution is 0.0686. The summed E-state index contributed by atoms with van der Waals surface area (Å²) < 4.78 is 0. The molecule has 0 saturated carbocycles. The number of hydrogen-bond donors (Lipinski definition) is 8. The second-order valence-electron chi connectivity index (χ2n) is 20.5. The minimum absolute atomic E-state index is 0.0486. The van der Waals surface area contributed by atoms with E-state index in [1.807, 2.05) is 152 Å². The van der Waals surface area contributed by atoms with Gasteiger partial charge in [-0.3, -0.25) is 0 Å². The third kappa shape index (κ3) is 13.0. The van der Waals surface area contributed by atoms with Crippen LogP contribution in [0.5, 0.6) is 28.7 Å². The van der Waals surface area contributed by atoms with Crippen LogP contribution in [0.15, 0.2) is 237 Å². The maximum Gasteiger partial charge on any atom is 0.335 e. The maximum absolute atomic E-state index is 11.2. The number of aromatic hydroxyl groups is 5. The predicted octanol–water partition coefficient (Wildman–Crippen LogP) is 16.2. The number of phenolic OH excluding ortho intramolecular Hbond substituents is 5. The van der Waals surface area contributed by atoms with Crippen molar-refractivity contribution >= 4 is 50.2 Å². The first-order chi connectivity index (χ1) is 40.5. The number of carbonyl (C=O) groups is 3. The van der Waals surface area contributed by atoms with Crippen molar-refractivity contribution in [3.8, 4) is 62.1 Å². The molecule has 84 heavy (non-hydrogen) atoms. The minimum atomic E-state index is -1.16. The number of benzene rings is 12. The summed E-state index contributed by atoms with van der Waals surface area (Å²) in [5.41, 5.74) is 13.3. The number of phenols is 5. The van der Waals surface area contributed by atoms with Gasteiger partial charge in [-0.05, 0) is 187 Å². The molecule has 12 rings (SSSR count). The van der Waals surface area contributed by atoms with Crippen LogP contribution in [0.4, 0.5) is 0 Å². The zero-order valence-electron chi connectivity index (χ0n) is 45.4. The average Bonchev–Trinajstić information content (AvgIpc) is 3.28. The smallest absolute Gasteiger partial charge is 0.335 e. The second kappa shape index (κ2) is 24.7. The fourth-order valence-electron chi connectivity index (χ4n) is 10.2. The summed E-state index contributed by atoms with van der Waals surface area (Å²) in [4.78, 5) is 33.5. The lowest BCUT2D eigenvalue weighted by Crippen LogP contribution is -1.96. The van der Waals surface area contributed by atoms with Gasteiger partial charge in [-0.25, -0.2) is 14.4 Å². The Morgan fingerprint density at radius 3 is 1.20 bits per heavy atom. The highest BCUT2D eigenvalue weighted by Gasteiger charge is 2.16. The highest BCUT2D eigenvalue weighted by atomic mass is 16.4. The van der Waals surface area contributed by atoms with Crippen molar-refractivity contribution in [2.75, 3.05) is 0 Å². The molecule has 0 radical (unpaired) electrons. The molecule has 0 atom stereocenters. The summed E-state index contributed by atoms with van der Waals surface area (Å²) in [6.45, 7) is 2.07. The van der Waals surface area contributed by atoms with E-state index in [0.717, 1.165) is 72.8 Å². The molecule has 414 valence electrons. The van der Waals surface area contributed by atoms with Crippen LogP contribution < -0.4 is 0 Å². The van der Waals surface area contributed by atoms with Crippen LogP contribution in [0, 0.1) is 6.92 Å². The van der Waals surface area contributed by atoms with Gasteiger partial charge in [0.15, 0.2) is 0 Å². The van der Waals surface area contributed by atoms with Crippen molar-refractivity contribution in [2.45, 2.75) is 26.2 Å². The largest absolute Gasteiger partial charge is 0.508 e. The number of aryl methyl sites for hydroxylation is 1. The SMILES string of the molecule is Cc1ccc(-c2cc(O)c3cc(C(=O)O)cc(O)c3c2)cc1Cc1ccccc1.O=C(O)c1cc(O)c2cc(-c3ccc(O)c(Cc4ccccc4)c3)ccc2c1.O=C(O)c1ccc2cc(-c3ccc(O)c(Cc4ccccc4)c3)ccc2c1. The molecule has 0 aliphatic rings. The summed E-state index contributed by atoms with van der Waals surface area (Å²) in [6.07, 6.45) is 2.07. The first-order valence-corrected chi connectivity index (χ1v) is 26.9. The number of hydrogen-bond acceptors (Lipinski definition) is 8. The quantitative estimate of drug-likeness (QED) is 0.0576.